The number of nitro benzene ring substituents is 1. The van der Waals surface area contributed by atoms with Crippen LogP contribution in [0.5, 0.6) is 5.75 Å². The summed E-state index contributed by atoms with van der Waals surface area (Å²) >= 11 is 0. The van der Waals surface area contributed by atoms with E-state index in [9.17, 15) is 14.9 Å². The zero-order valence-electron chi connectivity index (χ0n) is 10.1. The number of ether oxygens (including phenoxy) is 3. The monoisotopic (exact) mass is 271 g/mol. The van der Waals surface area contributed by atoms with Gasteiger partial charge in [0.25, 0.3) is 5.69 Å². The molecular formula is C11H13NO7. The smallest absolute Gasteiger partial charge is 0.449 e. The second kappa shape index (κ2) is 7.29. The van der Waals surface area contributed by atoms with Gasteiger partial charge in [0.15, 0.2) is 0 Å². The quantitative estimate of drug-likeness (QED) is 0.379. The van der Waals surface area contributed by atoms with Crippen LogP contribution in [0.3, 0.4) is 0 Å². The lowest BCUT2D eigenvalue weighted by Crippen LogP contribution is -2.02. The topological polar surface area (TPSA) is 108 Å². The molecule has 104 valence electrons. The summed E-state index contributed by atoms with van der Waals surface area (Å²) in [5.74, 6) is 0.0538. The highest BCUT2D eigenvalue weighted by molar-refractivity contribution is 5.61. The van der Waals surface area contributed by atoms with Crippen LogP contribution in [0, 0.1) is 10.1 Å². The molecule has 1 fully saturated rings. The first-order valence-corrected chi connectivity index (χ1v) is 5.33. The van der Waals surface area contributed by atoms with E-state index in [4.69, 9.17) is 14.6 Å². The fourth-order valence-corrected chi connectivity index (χ4v) is 1.16. The first-order valence-electron chi connectivity index (χ1n) is 5.33. The third-order valence-corrected chi connectivity index (χ3v) is 2.04. The van der Waals surface area contributed by atoms with Crippen LogP contribution in [0.25, 0.3) is 0 Å². The van der Waals surface area contributed by atoms with Crippen LogP contribution >= 0.6 is 0 Å². The van der Waals surface area contributed by atoms with Crippen molar-refractivity contribution in [2.24, 2.45) is 0 Å². The van der Waals surface area contributed by atoms with E-state index in [2.05, 4.69) is 4.74 Å². The molecule has 8 heteroatoms. The molecule has 1 aromatic rings. The van der Waals surface area contributed by atoms with E-state index in [1.807, 2.05) is 6.92 Å². The van der Waals surface area contributed by atoms with Gasteiger partial charge < -0.3 is 19.3 Å². The largest absolute Gasteiger partial charge is 0.511 e. The van der Waals surface area contributed by atoms with Gasteiger partial charge in [-0.25, -0.2) is 4.79 Å². The number of non-ortho nitro benzene ring substituents is 1. The molecule has 0 aliphatic carbocycles. The number of nitro groups is 1. The highest BCUT2D eigenvalue weighted by Gasteiger charge is 2.07. The number of rotatable bonds is 2. The molecule has 1 aliphatic heterocycles. The second-order valence-electron chi connectivity index (χ2n) is 3.58. The Morgan fingerprint density at radius 2 is 2.11 bits per heavy atom. The number of hydrogen-bond acceptors (Lipinski definition) is 6. The molecule has 0 amide bonds. The van der Waals surface area contributed by atoms with Gasteiger partial charge in [-0.15, -0.1) is 0 Å². The highest BCUT2D eigenvalue weighted by atomic mass is 16.7. The maximum Gasteiger partial charge on any atom is 0.511 e. The first kappa shape index (κ1) is 14.9. The lowest BCUT2D eigenvalue weighted by Gasteiger charge is -1.97. The van der Waals surface area contributed by atoms with Gasteiger partial charge in [-0.2, -0.15) is 0 Å². The van der Waals surface area contributed by atoms with E-state index < -0.39 is 11.1 Å². The van der Waals surface area contributed by atoms with E-state index in [0.717, 1.165) is 18.7 Å². The normalized spacial score (nSPS) is 17.2. The van der Waals surface area contributed by atoms with Crippen molar-refractivity contribution in [3.8, 4) is 5.75 Å². The molecule has 0 radical (unpaired) electrons. The Morgan fingerprint density at radius 3 is 2.42 bits per heavy atom. The fourth-order valence-electron chi connectivity index (χ4n) is 1.16. The summed E-state index contributed by atoms with van der Waals surface area (Å²) in [4.78, 5) is 19.6. The molecular weight excluding hydrogens is 258 g/mol. The van der Waals surface area contributed by atoms with Gasteiger partial charge in [0.1, 0.15) is 12.5 Å². The Balaban J connectivity index is 0.000000250. The van der Waals surface area contributed by atoms with Crippen molar-refractivity contribution in [3.05, 3.63) is 34.4 Å². The number of nitrogens with zero attached hydrogens (tertiary/aromatic N) is 1. The molecule has 1 aliphatic rings. The lowest BCUT2D eigenvalue weighted by atomic mass is 10.3. The van der Waals surface area contributed by atoms with Crippen LogP contribution < -0.4 is 4.74 Å². The van der Waals surface area contributed by atoms with E-state index in [-0.39, 0.29) is 11.4 Å². The summed E-state index contributed by atoms with van der Waals surface area (Å²) in [6.07, 6.45) is -1.13. The second-order valence-corrected chi connectivity index (χ2v) is 3.58. The highest BCUT2D eigenvalue weighted by Crippen LogP contribution is 2.17. The predicted molar refractivity (Wildman–Crippen MR) is 63.1 cm³/mol. The zero-order valence-corrected chi connectivity index (χ0v) is 10.1. The third kappa shape index (κ3) is 5.80. The minimum Gasteiger partial charge on any atom is -0.449 e. The lowest BCUT2D eigenvalue weighted by molar-refractivity contribution is -0.384. The number of carbonyl (C=O) groups is 1. The van der Waals surface area contributed by atoms with E-state index >= 15 is 0 Å². The van der Waals surface area contributed by atoms with Gasteiger partial charge in [0.2, 0.25) is 0 Å². The first-order chi connectivity index (χ1) is 8.99. The van der Waals surface area contributed by atoms with Crippen LogP contribution in [0.4, 0.5) is 10.5 Å². The summed E-state index contributed by atoms with van der Waals surface area (Å²) < 4.78 is 14.0. The maximum atomic E-state index is 10.2. The molecule has 0 saturated carbocycles. The molecule has 1 aromatic carbocycles. The zero-order chi connectivity index (χ0) is 14.3. The van der Waals surface area contributed by atoms with Crippen molar-refractivity contribution < 1.29 is 29.0 Å². The van der Waals surface area contributed by atoms with Crippen molar-refractivity contribution >= 4 is 11.8 Å². The van der Waals surface area contributed by atoms with E-state index in [1.54, 1.807) is 0 Å². The van der Waals surface area contributed by atoms with Crippen LogP contribution in [-0.4, -0.2) is 35.7 Å². The molecule has 1 saturated heterocycles. The summed E-state index contributed by atoms with van der Waals surface area (Å²) in [5, 5.41) is 18.4. The van der Waals surface area contributed by atoms with Gasteiger partial charge in [0.05, 0.1) is 17.6 Å². The Morgan fingerprint density at radius 1 is 1.47 bits per heavy atom. The van der Waals surface area contributed by atoms with Crippen LogP contribution in [-0.2, 0) is 9.47 Å². The fraction of sp³-hybridized carbons (Fsp3) is 0.364. The Labute approximate surface area is 108 Å². The van der Waals surface area contributed by atoms with Crippen molar-refractivity contribution in [1.82, 2.24) is 0 Å². The van der Waals surface area contributed by atoms with Gasteiger partial charge >= 0.3 is 6.16 Å². The molecule has 8 nitrogen and oxygen atoms in total. The molecule has 19 heavy (non-hydrogen) atoms. The van der Waals surface area contributed by atoms with Crippen molar-refractivity contribution in [2.45, 2.75) is 13.0 Å². The summed E-state index contributed by atoms with van der Waals surface area (Å²) in [7, 11) is 0. The maximum absolute atomic E-state index is 10.2. The van der Waals surface area contributed by atoms with Gasteiger partial charge in [0, 0.05) is 12.1 Å². The van der Waals surface area contributed by atoms with E-state index in [0.29, 0.717) is 12.9 Å². The number of hydrogen-bond donors (Lipinski definition) is 1. The third-order valence-electron chi connectivity index (χ3n) is 2.04. The molecule has 1 heterocycles. The van der Waals surface area contributed by atoms with Gasteiger partial charge in [-0.1, -0.05) is 0 Å². The van der Waals surface area contributed by atoms with E-state index in [1.165, 1.54) is 12.1 Å². The van der Waals surface area contributed by atoms with Gasteiger partial charge in [-0.3, -0.25) is 10.1 Å². The number of carboxylic acid groups (broad SMARTS) is 1. The minimum absolute atomic E-state index is 0.0538. The van der Waals surface area contributed by atoms with Crippen molar-refractivity contribution in [2.75, 3.05) is 13.4 Å². The summed E-state index contributed by atoms with van der Waals surface area (Å²) in [6, 6.07) is 4.76. The molecule has 0 bridgehead atoms. The predicted octanol–water partition coefficient (Wildman–Crippen LogP) is 2.03. The molecule has 0 spiro atoms. The summed E-state index contributed by atoms with van der Waals surface area (Å²) in [5.41, 5.74) is -0.113. The van der Waals surface area contributed by atoms with Crippen molar-refractivity contribution in [3.63, 3.8) is 0 Å². The van der Waals surface area contributed by atoms with Gasteiger partial charge in [-0.05, 0) is 19.1 Å². The molecule has 1 unspecified atom stereocenters. The Bertz CT molecular complexity index is 425. The molecule has 0 aromatic heterocycles. The average molecular weight is 271 g/mol. The summed E-state index contributed by atoms with van der Waals surface area (Å²) in [6.45, 7) is 3.24. The number of benzene rings is 1. The van der Waals surface area contributed by atoms with Crippen LogP contribution in [0.1, 0.15) is 6.92 Å². The molecule has 2 rings (SSSR count). The van der Waals surface area contributed by atoms with Crippen LogP contribution in [0.15, 0.2) is 24.3 Å². The van der Waals surface area contributed by atoms with Crippen LogP contribution in [0.2, 0.25) is 0 Å². The minimum atomic E-state index is -1.45. The molecule has 1 atom stereocenters. The SMILES string of the molecule is CC1COCO1.O=C(O)Oc1ccc([N+](=O)[O-])cc1. The average Bonchev–Trinajstić information content (AvgIpc) is 2.81. The van der Waals surface area contributed by atoms with Crippen molar-refractivity contribution in [1.29, 1.82) is 0 Å². The Kier molecular flexibility index (Phi) is 5.71. The standard InChI is InChI=1S/C7H5NO5.C4H8O2/c9-7(10)13-6-3-1-5(2-4-6)8(11)12;1-4-2-5-3-6-4/h1-4H,(H,9,10);4H,2-3H2,1H3. The molecule has 1 N–H and O–H groups in total. The Hall–Kier alpha value is -2.19.